The number of aromatic nitrogens is 3. The Balaban J connectivity index is 1.34. The molecule has 1 unspecified atom stereocenters. The van der Waals surface area contributed by atoms with Crippen LogP contribution in [-0.2, 0) is 11.2 Å². The van der Waals surface area contributed by atoms with Gasteiger partial charge >= 0.3 is 6.01 Å². The Labute approximate surface area is 264 Å². The van der Waals surface area contributed by atoms with Crippen LogP contribution in [0.4, 0.5) is 19.0 Å². The van der Waals surface area contributed by atoms with Gasteiger partial charge in [-0.2, -0.15) is 9.97 Å². The highest BCUT2D eigenvalue weighted by Crippen LogP contribution is 2.43. The summed E-state index contributed by atoms with van der Waals surface area (Å²) in [6, 6.07) is 5.69. The van der Waals surface area contributed by atoms with E-state index >= 15 is 4.39 Å². The maximum Gasteiger partial charge on any atom is 0.319 e. The van der Waals surface area contributed by atoms with Gasteiger partial charge in [-0.25, -0.2) is 18.2 Å². The van der Waals surface area contributed by atoms with Gasteiger partial charge in [0.15, 0.2) is 5.82 Å². The molecule has 4 aliphatic rings. The van der Waals surface area contributed by atoms with Crippen LogP contribution in [0.2, 0.25) is 0 Å². The van der Waals surface area contributed by atoms with Gasteiger partial charge in [-0.15, -0.1) is 6.42 Å². The van der Waals surface area contributed by atoms with Gasteiger partial charge < -0.3 is 19.5 Å². The summed E-state index contributed by atoms with van der Waals surface area (Å²) in [6.45, 7) is 3.06. The molecular formula is C35H34F3N5O3. The normalized spacial score (nSPS) is 24.7. The standard InChI is InChI=1S/C35H34F3N5O3/c1-2-24-26(37)8-7-20-15-23(44)16-25(28(20)24)31-30(38)32-29-27(39-31)6-3-5-22-9-13-45-14-12-43(22)33(29)41-34(40-32)46-19-35-10-4-11-42(35)18-21(36)17-35/h1,7-8,15-16,21-22,44H,3-6,9-14,17-19H2/t21-,22?,35+/m1/s1. The SMILES string of the molecule is C#Cc1c(F)ccc2cc(O)cc(-c3nc4c5c(nc(OC[C@@]67CCCN6C[C@H](F)C7)nc5c3F)N3CCOCCC3CCC4)c12. The zero-order valence-electron chi connectivity index (χ0n) is 25.4. The van der Waals surface area contributed by atoms with Crippen LogP contribution in [0.25, 0.3) is 32.9 Å². The number of rotatable bonds is 4. The fourth-order valence-corrected chi connectivity index (χ4v) is 8.14. The number of aromatic hydroxyl groups is 1. The molecule has 11 heteroatoms. The monoisotopic (exact) mass is 629 g/mol. The molecule has 238 valence electrons. The number of fused-ring (bicyclic) bond motifs is 4. The predicted octanol–water partition coefficient (Wildman–Crippen LogP) is 5.70. The van der Waals surface area contributed by atoms with Crippen LogP contribution in [-0.4, -0.2) is 82.2 Å². The van der Waals surface area contributed by atoms with E-state index in [2.05, 4.69) is 20.7 Å². The molecule has 4 aromatic rings. The minimum Gasteiger partial charge on any atom is -0.508 e. The molecule has 3 atom stereocenters. The van der Waals surface area contributed by atoms with Crippen LogP contribution >= 0.6 is 0 Å². The molecule has 0 radical (unpaired) electrons. The van der Waals surface area contributed by atoms with E-state index < -0.39 is 23.3 Å². The summed E-state index contributed by atoms with van der Waals surface area (Å²) in [5.41, 5.74) is 0.226. The average Bonchev–Trinajstić information content (AvgIpc) is 3.46. The lowest BCUT2D eigenvalue weighted by atomic mass is 9.94. The molecular weight excluding hydrogens is 595 g/mol. The van der Waals surface area contributed by atoms with Crippen LogP contribution in [0.5, 0.6) is 11.8 Å². The van der Waals surface area contributed by atoms with Crippen molar-refractivity contribution >= 4 is 27.5 Å². The highest BCUT2D eigenvalue weighted by atomic mass is 19.1. The topological polar surface area (TPSA) is 83.8 Å². The second kappa shape index (κ2) is 11.3. The van der Waals surface area contributed by atoms with Gasteiger partial charge in [0, 0.05) is 43.1 Å². The Morgan fingerprint density at radius 2 is 1.98 bits per heavy atom. The lowest BCUT2D eigenvalue weighted by Crippen LogP contribution is -2.43. The first kappa shape index (κ1) is 29.3. The number of halogens is 3. The Morgan fingerprint density at radius 1 is 1.09 bits per heavy atom. The van der Waals surface area contributed by atoms with E-state index in [9.17, 15) is 13.9 Å². The number of terminal acetylenes is 1. The summed E-state index contributed by atoms with van der Waals surface area (Å²) in [7, 11) is 0. The summed E-state index contributed by atoms with van der Waals surface area (Å²) in [4.78, 5) is 18.7. The number of phenolic OH excluding ortho intramolecular Hbond substituents is 1. The summed E-state index contributed by atoms with van der Waals surface area (Å²) >= 11 is 0. The van der Waals surface area contributed by atoms with E-state index in [4.69, 9.17) is 25.9 Å². The molecule has 2 aromatic heterocycles. The molecule has 3 fully saturated rings. The van der Waals surface area contributed by atoms with Gasteiger partial charge in [0.05, 0.1) is 28.8 Å². The molecule has 2 aromatic carbocycles. The van der Waals surface area contributed by atoms with E-state index in [0.717, 1.165) is 38.6 Å². The number of hydrogen-bond acceptors (Lipinski definition) is 8. The largest absolute Gasteiger partial charge is 0.508 e. The molecule has 0 spiro atoms. The van der Waals surface area contributed by atoms with Crippen LogP contribution in [0.15, 0.2) is 24.3 Å². The molecule has 1 N–H and O–H groups in total. The summed E-state index contributed by atoms with van der Waals surface area (Å²) in [5.74, 6) is 1.42. The molecule has 46 heavy (non-hydrogen) atoms. The van der Waals surface area contributed by atoms with Crippen molar-refractivity contribution in [3.8, 4) is 35.4 Å². The molecule has 6 heterocycles. The Bertz CT molecular complexity index is 1920. The van der Waals surface area contributed by atoms with E-state index in [1.165, 1.54) is 24.3 Å². The zero-order valence-corrected chi connectivity index (χ0v) is 25.4. The van der Waals surface area contributed by atoms with Crippen molar-refractivity contribution in [1.82, 2.24) is 19.9 Å². The van der Waals surface area contributed by atoms with Crippen LogP contribution in [0.1, 0.15) is 49.8 Å². The summed E-state index contributed by atoms with van der Waals surface area (Å²) < 4.78 is 58.6. The number of benzene rings is 2. The first-order chi connectivity index (χ1) is 22.3. The summed E-state index contributed by atoms with van der Waals surface area (Å²) in [6.07, 6.45) is 9.95. The van der Waals surface area contributed by atoms with E-state index in [-0.39, 0.29) is 52.1 Å². The third-order valence-electron chi connectivity index (χ3n) is 10.2. The van der Waals surface area contributed by atoms with Crippen LogP contribution < -0.4 is 9.64 Å². The smallest absolute Gasteiger partial charge is 0.319 e. The maximum atomic E-state index is 17.1. The highest BCUT2D eigenvalue weighted by Gasteiger charge is 2.49. The molecule has 4 aliphatic heterocycles. The Hall–Kier alpha value is -4.14. The molecule has 3 saturated heterocycles. The van der Waals surface area contributed by atoms with Crippen LogP contribution in [0, 0.1) is 24.0 Å². The lowest BCUT2D eigenvalue weighted by Gasteiger charge is -2.34. The fourth-order valence-electron chi connectivity index (χ4n) is 8.14. The van der Waals surface area contributed by atoms with E-state index in [1.807, 2.05) is 0 Å². The van der Waals surface area contributed by atoms with Crippen molar-refractivity contribution in [2.75, 3.05) is 44.4 Å². The quantitative estimate of drug-likeness (QED) is 0.288. The molecule has 8 rings (SSSR count). The number of hydrogen-bond donors (Lipinski definition) is 1. The van der Waals surface area contributed by atoms with Crippen LogP contribution in [0.3, 0.4) is 0 Å². The number of pyridine rings is 1. The fraction of sp³-hybridized carbons (Fsp3) is 0.457. The second-order valence-electron chi connectivity index (χ2n) is 12.9. The first-order valence-corrected chi connectivity index (χ1v) is 16.0. The Morgan fingerprint density at radius 3 is 2.85 bits per heavy atom. The minimum atomic E-state index is -0.920. The van der Waals surface area contributed by atoms with E-state index in [0.29, 0.717) is 61.4 Å². The third kappa shape index (κ3) is 4.73. The van der Waals surface area contributed by atoms with Gasteiger partial charge in [-0.05, 0) is 68.7 Å². The van der Waals surface area contributed by atoms with Crippen molar-refractivity contribution < 1.29 is 27.8 Å². The number of ether oxygens (including phenoxy) is 2. The first-order valence-electron chi connectivity index (χ1n) is 16.0. The van der Waals surface area contributed by atoms with Gasteiger partial charge in [0.1, 0.15) is 41.4 Å². The molecule has 8 nitrogen and oxygen atoms in total. The third-order valence-corrected chi connectivity index (χ3v) is 10.2. The van der Waals surface area contributed by atoms with Gasteiger partial charge in [-0.3, -0.25) is 4.90 Å². The van der Waals surface area contributed by atoms with Crippen molar-refractivity contribution in [2.45, 2.75) is 62.7 Å². The molecule has 0 saturated carbocycles. The number of aryl methyl sites for hydroxylation is 1. The molecule has 0 bridgehead atoms. The predicted molar refractivity (Wildman–Crippen MR) is 168 cm³/mol. The van der Waals surface area contributed by atoms with Crippen molar-refractivity contribution in [1.29, 1.82) is 0 Å². The van der Waals surface area contributed by atoms with Gasteiger partial charge in [0.2, 0.25) is 0 Å². The summed E-state index contributed by atoms with van der Waals surface area (Å²) in [5, 5.41) is 11.9. The average molecular weight is 630 g/mol. The maximum absolute atomic E-state index is 17.1. The van der Waals surface area contributed by atoms with Crippen molar-refractivity contribution in [2.24, 2.45) is 0 Å². The minimum absolute atomic E-state index is 0.00801. The van der Waals surface area contributed by atoms with Crippen molar-refractivity contribution in [3.63, 3.8) is 0 Å². The van der Waals surface area contributed by atoms with Crippen molar-refractivity contribution in [3.05, 3.63) is 47.2 Å². The number of phenols is 1. The molecule has 0 amide bonds. The molecule has 0 aliphatic carbocycles. The number of alkyl halides is 1. The van der Waals surface area contributed by atoms with E-state index in [1.54, 1.807) is 0 Å². The zero-order chi connectivity index (χ0) is 31.6. The number of anilines is 1. The van der Waals surface area contributed by atoms with Gasteiger partial charge in [-0.1, -0.05) is 12.0 Å². The highest BCUT2D eigenvalue weighted by molar-refractivity contribution is 6.03. The van der Waals surface area contributed by atoms with Gasteiger partial charge in [0.25, 0.3) is 0 Å². The Kier molecular flexibility index (Phi) is 7.18. The second-order valence-corrected chi connectivity index (χ2v) is 12.9. The number of nitrogens with zero attached hydrogens (tertiary/aromatic N) is 5. The lowest BCUT2D eigenvalue weighted by molar-refractivity contribution is 0.107.